The minimum absolute atomic E-state index is 0.197. The molecule has 0 radical (unpaired) electrons. The third-order valence-corrected chi connectivity index (χ3v) is 3.31. The molecule has 1 fully saturated rings. The number of pyridine rings is 1. The van der Waals surface area contributed by atoms with E-state index >= 15 is 0 Å². The van der Waals surface area contributed by atoms with E-state index in [9.17, 15) is 4.79 Å². The van der Waals surface area contributed by atoms with E-state index < -0.39 is 0 Å². The lowest BCUT2D eigenvalue weighted by molar-refractivity contribution is 0.0662. The summed E-state index contributed by atoms with van der Waals surface area (Å²) in [7, 11) is 2.07. The molecule has 5 nitrogen and oxygen atoms in total. The number of rotatable bonds is 2. The van der Waals surface area contributed by atoms with Crippen molar-refractivity contribution < 1.29 is 4.79 Å². The number of aryl methyl sites for hydroxylation is 1. The van der Waals surface area contributed by atoms with Crippen LogP contribution in [0.4, 0.5) is 0 Å². The summed E-state index contributed by atoms with van der Waals surface area (Å²) in [5.74, 6) is -0.197. The highest BCUT2D eigenvalue weighted by Gasteiger charge is 2.18. The smallest absolute Gasteiger partial charge is 0.268 e. The molecule has 1 aromatic rings. The van der Waals surface area contributed by atoms with Crippen molar-refractivity contribution in [2.24, 2.45) is 0 Å². The van der Waals surface area contributed by atoms with Crippen molar-refractivity contribution in [3.8, 4) is 0 Å². The summed E-state index contributed by atoms with van der Waals surface area (Å²) >= 11 is 6.04. The Morgan fingerprint density at radius 3 is 2.67 bits per heavy atom. The van der Waals surface area contributed by atoms with Crippen LogP contribution in [0.2, 0.25) is 5.02 Å². The first-order chi connectivity index (χ1) is 8.56. The van der Waals surface area contributed by atoms with Crippen molar-refractivity contribution in [3.63, 3.8) is 0 Å². The van der Waals surface area contributed by atoms with Crippen LogP contribution in [0.15, 0.2) is 12.3 Å². The van der Waals surface area contributed by atoms with Gasteiger partial charge in [-0.25, -0.2) is 5.01 Å². The Hall–Kier alpha value is -1.17. The average Bonchev–Trinajstić information content (AvgIpc) is 2.32. The van der Waals surface area contributed by atoms with Gasteiger partial charge in [0.05, 0.1) is 10.6 Å². The summed E-state index contributed by atoms with van der Waals surface area (Å²) in [4.78, 5) is 18.4. The quantitative estimate of drug-likeness (QED) is 0.867. The fraction of sp³-hybridized carbons (Fsp3) is 0.500. The van der Waals surface area contributed by atoms with Crippen molar-refractivity contribution in [3.05, 3.63) is 28.5 Å². The minimum Gasteiger partial charge on any atom is -0.304 e. The highest BCUT2D eigenvalue weighted by molar-refractivity contribution is 6.33. The molecule has 1 aliphatic heterocycles. The summed E-state index contributed by atoms with van der Waals surface area (Å²) in [5.41, 5.74) is 4.08. The standard InChI is InChI=1S/C12H17ClN4O/c1-9-7-11(13)10(8-14-9)12(18)15-17-5-3-16(2)4-6-17/h7-8H,3-6H2,1-2H3,(H,15,18). The van der Waals surface area contributed by atoms with E-state index in [1.165, 1.54) is 6.20 Å². The summed E-state index contributed by atoms with van der Waals surface area (Å²) in [6, 6.07) is 1.69. The molecule has 0 aliphatic carbocycles. The van der Waals surface area contributed by atoms with Crippen LogP contribution in [-0.4, -0.2) is 54.0 Å². The predicted octanol–water partition coefficient (Wildman–Crippen LogP) is 0.936. The highest BCUT2D eigenvalue weighted by atomic mass is 35.5. The van der Waals surface area contributed by atoms with Crippen molar-refractivity contribution >= 4 is 17.5 Å². The number of aromatic nitrogens is 1. The SMILES string of the molecule is Cc1cc(Cl)c(C(=O)NN2CCN(C)CC2)cn1. The number of carbonyl (C=O) groups is 1. The summed E-state index contributed by atoms with van der Waals surface area (Å²) in [6.07, 6.45) is 1.52. The van der Waals surface area contributed by atoms with Crippen molar-refractivity contribution in [1.82, 2.24) is 20.3 Å². The van der Waals surface area contributed by atoms with Gasteiger partial charge in [0.1, 0.15) is 0 Å². The predicted molar refractivity (Wildman–Crippen MR) is 70.5 cm³/mol. The average molecular weight is 269 g/mol. The van der Waals surface area contributed by atoms with Crippen LogP contribution in [0.3, 0.4) is 0 Å². The van der Waals surface area contributed by atoms with Crippen LogP contribution in [0.1, 0.15) is 16.1 Å². The second kappa shape index (κ2) is 5.65. The molecule has 0 unspecified atom stereocenters. The second-order valence-corrected chi connectivity index (χ2v) is 4.94. The number of hydrogen-bond acceptors (Lipinski definition) is 4. The number of likely N-dealkylation sites (N-methyl/N-ethyl adjacent to an activating group) is 1. The Labute approximate surface area is 112 Å². The summed E-state index contributed by atoms with van der Waals surface area (Å²) in [5, 5.41) is 2.35. The van der Waals surface area contributed by atoms with Gasteiger partial charge in [-0.05, 0) is 20.0 Å². The zero-order valence-electron chi connectivity index (χ0n) is 10.6. The first-order valence-corrected chi connectivity index (χ1v) is 6.30. The lowest BCUT2D eigenvalue weighted by Crippen LogP contribution is -2.52. The number of amides is 1. The fourth-order valence-corrected chi connectivity index (χ4v) is 2.11. The Morgan fingerprint density at radius 2 is 2.06 bits per heavy atom. The van der Waals surface area contributed by atoms with Crippen LogP contribution in [0.5, 0.6) is 0 Å². The van der Waals surface area contributed by atoms with Crippen LogP contribution < -0.4 is 5.43 Å². The van der Waals surface area contributed by atoms with Gasteiger partial charge in [0.25, 0.3) is 5.91 Å². The molecule has 0 saturated carbocycles. The normalized spacial score (nSPS) is 17.7. The van der Waals surface area contributed by atoms with E-state index in [1.54, 1.807) is 6.07 Å². The van der Waals surface area contributed by atoms with Crippen LogP contribution in [-0.2, 0) is 0 Å². The molecule has 1 amide bonds. The van der Waals surface area contributed by atoms with Crippen LogP contribution >= 0.6 is 11.6 Å². The van der Waals surface area contributed by atoms with Crippen LogP contribution in [0, 0.1) is 6.92 Å². The van der Waals surface area contributed by atoms with Crippen molar-refractivity contribution in [2.75, 3.05) is 33.2 Å². The topological polar surface area (TPSA) is 48.5 Å². The molecule has 0 aromatic carbocycles. The molecule has 18 heavy (non-hydrogen) atoms. The monoisotopic (exact) mass is 268 g/mol. The summed E-state index contributed by atoms with van der Waals surface area (Å²) < 4.78 is 0. The van der Waals surface area contributed by atoms with E-state index in [0.29, 0.717) is 10.6 Å². The van der Waals surface area contributed by atoms with Gasteiger partial charge in [-0.15, -0.1) is 0 Å². The third kappa shape index (κ3) is 3.19. The van der Waals surface area contributed by atoms with Gasteiger partial charge in [0, 0.05) is 38.1 Å². The van der Waals surface area contributed by atoms with Crippen molar-refractivity contribution in [1.29, 1.82) is 0 Å². The number of carbonyl (C=O) groups excluding carboxylic acids is 1. The molecular formula is C12H17ClN4O. The molecule has 0 atom stereocenters. The molecule has 0 spiro atoms. The molecule has 1 saturated heterocycles. The van der Waals surface area contributed by atoms with Gasteiger partial charge >= 0.3 is 0 Å². The van der Waals surface area contributed by atoms with Gasteiger partial charge < -0.3 is 4.90 Å². The molecule has 2 heterocycles. The molecule has 98 valence electrons. The first-order valence-electron chi connectivity index (χ1n) is 5.93. The Morgan fingerprint density at radius 1 is 1.39 bits per heavy atom. The third-order valence-electron chi connectivity index (χ3n) is 3.00. The molecule has 1 aromatic heterocycles. The minimum atomic E-state index is -0.197. The Balaban J connectivity index is 1.99. The molecule has 2 rings (SSSR count). The maximum atomic E-state index is 12.0. The first kappa shape index (κ1) is 13.3. The van der Waals surface area contributed by atoms with E-state index in [-0.39, 0.29) is 5.91 Å². The fourth-order valence-electron chi connectivity index (χ4n) is 1.82. The van der Waals surface area contributed by atoms with Crippen molar-refractivity contribution in [2.45, 2.75) is 6.92 Å². The maximum Gasteiger partial charge on any atom is 0.268 e. The number of piperazine rings is 1. The summed E-state index contributed by atoms with van der Waals surface area (Å²) in [6.45, 7) is 5.37. The van der Waals surface area contributed by atoms with Gasteiger partial charge in [-0.2, -0.15) is 0 Å². The molecule has 1 N–H and O–H groups in total. The maximum absolute atomic E-state index is 12.0. The highest BCUT2D eigenvalue weighted by Crippen LogP contribution is 2.15. The zero-order valence-corrected chi connectivity index (χ0v) is 11.4. The van der Waals surface area contributed by atoms with Gasteiger partial charge in [0.15, 0.2) is 0 Å². The molecule has 1 aliphatic rings. The van der Waals surface area contributed by atoms with Gasteiger partial charge in [-0.3, -0.25) is 15.2 Å². The largest absolute Gasteiger partial charge is 0.304 e. The lowest BCUT2D eigenvalue weighted by Gasteiger charge is -2.32. The molecular weight excluding hydrogens is 252 g/mol. The number of nitrogens with zero attached hydrogens (tertiary/aromatic N) is 3. The zero-order chi connectivity index (χ0) is 13.1. The lowest BCUT2D eigenvalue weighted by atomic mass is 10.2. The van der Waals surface area contributed by atoms with E-state index in [1.807, 2.05) is 11.9 Å². The Kier molecular flexibility index (Phi) is 4.16. The van der Waals surface area contributed by atoms with E-state index in [4.69, 9.17) is 11.6 Å². The van der Waals surface area contributed by atoms with Gasteiger partial charge in [-0.1, -0.05) is 11.6 Å². The second-order valence-electron chi connectivity index (χ2n) is 4.54. The number of hydrogen-bond donors (Lipinski definition) is 1. The molecule has 6 heteroatoms. The van der Waals surface area contributed by atoms with Gasteiger partial charge in [0.2, 0.25) is 0 Å². The number of halogens is 1. The van der Waals surface area contributed by atoms with E-state index in [0.717, 1.165) is 31.9 Å². The number of hydrazine groups is 1. The molecule has 0 bridgehead atoms. The van der Waals surface area contributed by atoms with Crippen LogP contribution in [0.25, 0.3) is 0 Å². The number of nitrogens with one attached hydrogen (secondary N) is 1. The Bertz CT molecular complexity index is 444. The van der Waals surface area contributed by atoms with E-state index in [2.05, 4.69) is 22.4 Å².